The van der Waals surface area contributed by atoms with Crippen LogP contribution in [-0.2, 0) is 60.6 Å². The van der Waals surface area contributed by atoms with Crippen LogP contribution in [0.25, 0.3) is 66.8 Å². The lowest BCUT2D eigenvalue weighted by atomic mass is 9.78. The van der Waals surface area contributed by atoms with Crippen molar-refractivity contribution in [3.05, 3.63) is 338 Å². The maximum atomic E-state index is 6.77. The smallest absolute Gasteiger partial charge is 0.0473 e. The van der Waals surface area contributed by atoms with Gasteiger partial charge in [-0.15, -0.1) is 0 Å². The minimum atomic E-state index is -0.106. The molecular formula is C111H128ClN. The van der Waals surface area contributed by atoms with Crippen molar-refractivity contribution in [3.63, 3.8) is 0 Å². The molecule has 12 aromatic carbocycles. The highest BCUT2D eigenvalue weighted by Crippen LogP contribution is 2.53. The Morgan fingerprint density at radius 3 is 0.832 bits per heavy atom. The Labute approximate surface area is 687 Å². The average molecular weight is 1510 g/mol. The number of para-hydroxylation sites is 1. The Kier molecular flexibility index (Phi) is 22.4. The van der Waals surface area contributed by atoms with Crippen LogP contribution in [-0.4, -0.2) is 0 Å². The minimum Gasteiger partial charge on any atom is -0.310 e. The molecule has 0 spiro atoms. The monoisotopic (exact) mass is 1510 g/mol. The second kappa shape index (κ2) is 30.5. The highest BCUT2D eigenvalue weighted by molar-refractivity contribution is 6.31. The van der Waals surface area contributed by atoms with Crippen molar-refractivity contribution in [2.75, 3.05) is 4.90 Å². The highest BCUT2D eigenvalue weighted by Gasteiger charge is 2.38. The molecule has 0 saturated heterocycles. The molecule has 0 unspecified atom stereocenters. The molecule has 0 N–H and O–H groups in total. The van der Waals surface area contributed by atoms with Gasteiger partial charge in [0.2, 0.25) is 0 Å². The van der Waals surface area contributed by atoms with Gasteiger partial charge >= 0.3 is 0 Å². The van der Waals surface area contributed by atoms with Crippen molar-refractivity contribution in [1.29, 1.82) is 0 Å². The van der Waals surface area contributed by atoms with Gasteiger partial charge in [0, 0.05) is 32.9 Å². The van der Waals surface area contributed by atoms with Gasteiger partial charge in [-0.3, -0.25) is 0 Å². The molecule has 1 nitrogen and oxygen atoms in total. The average Bonchev–Trinajstić information content (AvgIpc) is 1.65. The van der Waals surface area contributed by atoms with E-state index in [2.05, 4.69) is 454 Å². The molecule has 14 rings (SSSR count). The first-order valence-corrected chi connectivity index (χ1v) is 41.8. The number of hydrogen-bond acceptors (Lipinski definition) is 1. The Hall–Kier alpha value is -9.27. The molecule has 12 aromatic rings. The molecule has 2 heteroatoms. The third-order valence-electron chi connectivity index (χ3n) is 23.8. The quantitative estimate of drug-likeness (QED) is 0.139. The van der Waals surface area contributed by atoms with Crippen LogP contribution in [0, 0.1) is 0 Å². The third-order valence-corrected chi connectivity index (χ3v) is 24.0. The lowest BCUT2D eigenvalue weighted by molar-refractivity contribution is 0.568. The standard InChI is InChI=1S/C55H63N.C34H45Cl.C22H20/c1-51(2,3)40-27-38(28-41(33-40)52(4,5)6)36-26-37(39-29-42(53(7,8)9)34-43(30-39)54(10,11)12)32-46(31-36)56(44-20-16-15-17-21-44)45-24-25-48-47-22-18-19-23-49(47)55(13,14)50(48)35-45;1-31(2,3)26-14-24(15-27(20-26)32(4,5)6)22-13-23(19-30(35)18-22)25-16-28(33(7,8)9)21-29(17-25)34(10,11)12;1-22(2)20-11-7-6-10-18(20)19-13-12-17(15-21(19)22)14-16-8-4-3-5-9-16/h15-35H,1-14H3;13-21H,1-12H3;3-13,15H,14H2,1-2H3. The van der Waals surface area contributed by atoms with Gasteiger partial charge in [-0.25, -0.2) is 0 Å². The molecule has 0 atom stereocenters. The molecule has 0 radical (unpaired) electrons. The van der Waals surface area contributed by atoms with E-state index < -0.39 is 0 Å². The van der Waals surface area contributed by atoms with Crippen LogP contribution in [0.2, 0.25) is 5.02 Å². The molecule has 2 aliphatic carbocycles. The number of benzene rings is 12. The van der Waals surface area contributed by atoms with Crippen molar-refractivity contribution in [2.45, 2.75) is 254 Å². The molecule has 0 heterocycles. The first-order valence-electron chi connectivity index (χ1n) is 41.4. The van der Waals surface area contributed by atoms with E-state index in [9.17, 15) is 0 Å². The highest BCUT2D eigenvalue weighted by atomic mass is 35.5. The second-order valence-electron chi connectivity index (χ2n) is 42.0. The molecule has 0 saturated carbocycles. The van der Waals surface area contributed by atoms with Crippen molar-refractivity contribution in [1.82, 2.24) is 0 Å². The van der Waals surface area contributed by atoms with E-state index in [1.807, 2.05) is 0 Å². The fourth-order valence-electron chi connectivity index (χ4n) is 16.2. The predicted molar refractivity (Wildman–Crippen MR) is 495 cm³/mol. The van der Waals surface area contributed by atoms with Crippen LogP contribution in [0.4, 0.5) is 17.1 Å². The first kappa shape index (κ1) is 83.2. The third kappa shape index (κ3) is 18.3. The van der Waals surface area contributed by atoms with Gasteiger partial charge in [0.15, 0.2) is 0 Å². The van der Waals surface area contributed by atoms with E-state index in [-0.39, 0.29) is 54.1 Å². The molecular weight excluding hydrogens is 1380 g/mol. The number of rotatable bonds is 9. The fraction of sp³-hybridized carbons (Fsp3) is 0.351. The van der Waals surface area contributed by atoms with Crippen molar-refractivity contribution < 1.29 is 0 Å². The lowest BCUT2D eigenvalue weighted by Gasteiger charge is -2.30. The summed E-state index contributed by atoms with van der Waals surface area (Å²) in [5.74, 6) is 0. The van der Waals surface area contributed by atoms with Gasteiger partial charge in [0.05, 0.1) is 0 Å². The zero-order chi connectivity index (χ0) is 82.3. The largest absolute Gasteiger partial charge is 0.310 e. The molecule has 0 aromatic heterocycles. The van der Waals surface area contributed by atoms with Gasteiger partial charge in [-0.2, -0.15) is 0 Å². The Morgan fingerprint density at radius 2 is 0.496 bits per heavy atom. The maximum Gasteiger partial charge on any atom is 0.0473 e. The summed E-state index contributed by atoms with van der Waals surface area (Å²) < 4.78 is 0. The summed E-state index contributed by atoms with van der Waals surface area (Å²) in [5, 5.41) is 0.773. The van der Waals surface area contributed by atoms with Gasteiger partial charge in [0.25, 0.3) is 0 Å². The number of hydrogen-bond donors (Lipinski definition) is 0. The molecule has 584 valence electrons. The SMILES string of the molecule is CC(C)(C)c1cc(-c2cc(-c3cc(C(C)(C)C)cc(C(C)(C)C)c3)cc(N(c3ccccc3)c3ccc4c(c3)C(C)(C)c3ccccc3-4)c2)cc(C(C)(C)C)c1.CC(C)(C)c1cc(-c2cc(Cl)cc(-c3cc(C(C)(C)C)cc(C(C)(C)C)c3)c2)cc(C(C)(C)C)c1.CC1(C)c2ccccc2-c2ccc(Cc3ccccc3)cc21. The predicted octanol–water partition coefficient (Wildman–Crippen LogP) is 32.4. The van der Waals surface area contributed by atoms with Gasteiger partial charge in [-0.05, 0) is 255 Å². The van der Waals surface area contributed by atoms with Gasteiger partial charge in [-0.1, -0.05) is 400 Å². The zero-order valence-corrected chi connectivity index (χ0v) is 74.5. The Morgan fingerprint density at radius 1 is 0.221 bits per heavy atom. The Bertz CT molecular complexity index is 5160. The van der Waals surface area contributed by atoms with Crippen LogP contribution in [0.5, 0.6) is 0 Å². The van der Waals surface area contributed by atoms with E-state index in [1.54, 1.807) is 0 Å². The maximum absolute atomic E-state index is 6.77. The van der Waals surface area contributed by atoms with Crippen LogP contribution in [0.3, 0.4) is 0 Å². The normalized spacial score (nSPS) is 13.9. The Balaban J connectivity index is 0.000000175. The molecule has 0 bridgehead atoms. The van der Waals surface area contributed by atoms with Gasteiger partial charge < -0.3 is 4.90 Å². The molecule has 2 aliphatic rings. The number of fused-ring (bicyclic) bond motifs is 6. The van der Waals surface area contributed by atoms with Crippen LogP contribution in [0.15, 0.2) is 255 Å². The minimum absolute atomic E-state index is 0.00394. The first-order chi connectivity index (χ1) is 52.4. The second-order valence-corrected chi connectivity index (χ2v) is 42.4. The van der Waals surface area contributed by atoms with Crippen molar-refractivity contribution in [2.24, 2.45) is 0 Å². The van der Waals surface area contributed by atoms with Crippen LogP contribution in [0.1, 0.15) is 272 Å². The fourth-order valence-corrected chi connectivity index (χ4v) is 16.4. The number of nitrogens with zero attached hydrogens (tertiary/aromatic N) is 1. The van der Waals surface area contributed by atoms with E-state index >= 15 is 0 Å². The molecule has 113 heavy (non-hydrogen) atoms. The summed E-state index contributed by atoms with van der Waals surface area (Å²) in [6.45, 7) is 64.8. The van der Waals surface area contributed by atoms with Crippen molar-refractivity contribution in [3.8, 4) is 66.8 Å². The summed E-state index contributed by atoms with van der Waals surface area (Å²) in [7, 11) is 0. The lowest BCUT2D eigenvalue weighted by Crippen LogP contribution is -2.17. The molecule has 0 fully saturated rings. The van der Waals surface area contributed by atoms with Gasteiger partial charge in [0.1, 0.15) is 0 Å². The summed E-state index contributed by atoms with van der Waals surface area (Å²) >= 11 is 6.77. The van der Waals surface area contributed by atoms with E-state index in [4.69, 9.17) is 11.6 Å². The van der Waals surface area contributed by atoms with E-state index in [1.165, 1.54) is 145 Å². The summed E-state index contributed by atoms with van der Waals surface area (Å²) in [5.41, 5.74) is 38.2. The summed E-state index contributed by atoms with van der Waals surface area (Å²) in [6, 6.07) is 96.0. The number of anilines is 3. The van der Waals surface area contributed by atoms with Crippen LogP contribution >= 0.6 is 11.6 Å². The molecule has 0 amide bonds. The van der Waals surface area contributed by atoms with E-state index in [0.29, 0.717) is 0 Å². The molecule has 0 aliphatic heterocycles. The topological polar surface area (TPSA) is 3.24 Å². The van der Waals surface area contributed by atoms with Crippen LogP contribution < -0.4 is 4.90 Å². The summed E-state index contributed by atoms with van der Waals surface area (Å²) in [6.07, 6.45) is 1.00. The summed E-state index contributed by atoms with van der Waals surface area (Å²) in [4.78, 5) is 2.48. The zero-order valence-electron chi connectivity index (χ0n) is 73.8. The number of halogens is 1. The van der Waals surface area contributed by atoms with E-state index in [0.717, 1.165) is 28.5 Å². The van der Waals surface area contributed by atoms with Crippen molar-refractivity contribution >= 4 is 28.7 Å².